The van der Waals surface area contributed by atoms with E-state index in [4.69, 9.17) is 14.8 Å². The van der Waals surface area contributed by atoms with Gasteiger partial charge in [0.25, 0.3) is 0 Å². The van der Waals surface area contributed by atoms with Gasteiger partial charge in [-0.15, -0.1) is 0 Å². The van der Waals surface area contributed by atoms with Crippen LogP contribution in [0.15, 0.2) is 35.1 Å². The molecular weight excluding hydrogens is 398 g/mol. The predicted octanol–water partition coefficient (Wildman–Crippen LogP) is 4.35. The van der Waals surface area contributed by atoms with Gasteiger partial charge >= 0.3 is 0 Å². The van der Waals surface area contributed by atoms with Crippen molar-refractivity contribution in [3.8, 4) is 11.1 Å². The first-order valence-electron chi connectivity index (χ1n) is 10.0. The molecule has 0 aromatic carbocycles. The molecule has 0 radical (unpaired) electrons. The number of nitrogens with zero attached hydrogens (tertiary/aromatic N) is 4. The molecule has 1 atom stereocenters. The van der Waals surface area contributed by atoms with E-state index >= 15 is 0 Å². The molecule has 4 aromatic heterocycles. The van der Waals surface area contributed by atoms with Crippen LogP contribution in [0, 0.1) is 12.3 Å². The van der Waals surface area contributed by atoms with E-state index in [1.807, 2.05) is 29.8 Å². The molecule has 4 aromatic rings. The topological polar surface area (TPSA) is 104 Å². The van der Waals surface area contributed by atoms with Crippen molar-refractivity contribution in [1.29, 1.82) is 5.41 Å². The first-order chi connectivity index (χ1) is 14.6. The number of anilines is 2. The minimum absolute atomic E-state index is 0.360. The van der Waals surface area contributed by atoms with Crippen molar-refractivity contribution in [2.75, 3.05) is 18.4 Å². The predicted molar refractivity (Wildman–Crippen MR) is 118 cm³/mol. The molecule has 1 fully saturated rings. The van der Waals surface area contributed by atoms with Crippen LogP contribution in [0.25, 0.3) is 16.8 Å². The molecule has 0 spiro atoms. The fraction of sp³-hybridized carbons (Fsp3) is 0.333. The number of hydrogen-bond donors (Lipinski definition) is 3. The average molecular weight is 422 g/mol. The van der Waals surface area contributed by atoms with Crippen molar-refractivity contribution in [2.24, 2.45) is 0 Å². The highest BCUT2D eigenvalue weighted by Crippen LogP contribution is 2.32. The number of piperidine rings is 1. The summed E-state index contributed by atoms with van der Waals surface area (Å²) in [6.45, 7) is 5.68. The molecule has 0 bridgehead atoms. The van der Waals surface area contributed by atoms with E-state index in [1.165, 1.54) is 11.5 Å². The van der Waals surface area contributed by atoms with Crippen molar-refractivity contribution in [1.82, 2.24) is 24.3 Å². The molecule has 3 N–H and O–H groups in total. The molecule has 1 saturated heterocycles. The second-order valence-electron chi connectivity index (χ2n) is 7.69. The first-order valence-corrected chi connectivity index (χ1v) is 10.8. The Morgan fingerprint density at radius 2 is 2.27 bits per heavy atom. The van der Waals surface area contributed by atoms with Gasteiger partial charge in [-0.25, -0.2) is 4.98 Å². The number of fused-ring (bicyclic) bond motifs is 1. The normalized spacial score (nSPS) is 16.8. The lowest BCUT2D eigenvalue weighted by atomic mass is 9.96. The Balaban J connectivity index is 1.63. The monoisotopic (exact) mass is 421 g/mol. The molecule has 1 unspecified atom stereocenters. The van der Waals surface area contributed by atoms with Crippen LogP contribution in [-0.2, 0) is 0 Å². The number of nitrogens with one attached hydrogen (secondary N) is 3. The van der Waals surface area contributed by atoms with Gasteiger partial charge in [0.2, 0.25) is 0 Å². The van der Waals surface area contributed by atoms with Crippen LogP contribution in [0.4, 0.5) is 10.8 Å². The second kappa shape index (κ2) is 7.66. The molecule has 5 heterocycles. The van der Waals surface area contributed by atoms with E-state index < -0.39 is 0 Å². The van der Waals surface area contributed by atoms with Gasteiger partial charge < -0.3 is 20.5 Å². The fourth-order valence-electron chi connectivity index (χ4n) is 3.81. The average Bonchev–Trinajstić information content (AvgIpc) is 3.48. The number of rotatable bonds is 5. The molecule has 0 amide bonds. The fourth-order valence-corrected chi connectivity index (χ4v) is 4.48. The van der Waals surface area contributed by atoms with Crippen molar-refractivity contribution in [3.05, 3.63) is 47.8 Å². The van der Waals surface area contributed by atoms with Gasteiger partial charge in [0, 0.05) is 29.7 Å². The van der Waals surface area contributed by atoms with Gasteiger partial charge in [-0.2, -0.15) is 14.0 Å². The smallest absolute Gasteiger partial charge is 0.165 e. The molecule has 154 valence electrons. The molecule has 0 aliphatic carbocycles. The summed E-state index contributed by atoms with van der Waals surface area (Å²) in [7, 11) is 0. The van der Waals surface area contributed by atoms with Crippen LogP contribution < -0.4 is 10.6 Å². The summed E-state index contributed by atoms with van der Waals surface area (Å²) >= 11 is 1.43. The van der Waals surface area contributed by atoms with Crippen LogP contribution in [0.5, 0.6) is 0 Å². The summed E-state index contributed by atoms with van der Waals surface area (Å²) < 4.78 is 11.7. The Morgan fingerprint density at radius 1 is 1.37 bits per heavy atom. The third-order valence-electron chi connectivity index (χ3n) is 5.37. The third-order valence-corrected chi connectivity index (χ3v) is 6.16. The van der Waals surface area contributed by atoms with Gasteiger partial charge in [0.1, 0.15) is 16.6 Å². The van der Waals surface area contributed by atoms with Crippen LogP contribution in [0.2, 0.25) is 0 Å². The molecule has 1 aliphatic rings. The first kappa shape index (κ1) is 19.0. The van der Waals surface area contributed by atoms with E-state index in [0.29, 0.717) is 17.4 Å². The highest BCUT2D eigenvalue weighted by atomic mass is 32.1. The zero-order chi connectivity index (χ0) is 20.7. The van der Waals surface area contributed by atoms with E-state index in [0.717, 1.165) is 64.9 Å². The van der Waals surface area contributed by atoms with Gasteiger partial charge in [-0.05, 0) is 56.9 Å². The third kappa shape index (κ3) is 3.50. The lowest BCUT2D eigenvalue weighted by Crippen LogP contribution is -2.29. The quantitative estimate of drug-likeness (QED) is 0.414. The van der Waals surface area contributed by atoms with Gasteiger partial charge in [0.05, 0.1) is 29.6 Å². The lowest BCUT2D eigenvalue weighted by molar-refractivity contribution is 0.455. The van der Waals surface area contributed by atoms with Crippen molar-refractivity contribution >= 4 is 33.7 Å². The zero-order valence-corrected chi connectivity index (χ0v) is 17.7. The van der Waals surface area contributed by atoms with Crippen molar-refractivity contribution < 1.29 is 4.42 Å². The summed E-state index contributed by atoms with van der Waals surface area (Å²) in [5.41, 5.74) is 4.96. The van der Waals surface area contributed by atoms with Crippen LogP contribution in [0.1, 0.15) is 42.8 Å². The Bertz CT molecular complexity index is 1220. The molecule has 5 rings (SSSR count). The van der Waals surface area contributed by atoms with Gasteiger partial charge in [-0.3, -0.25) is 0 Å². The molecular formula is C21H23N7OS. The maximum absolute atomic E-state index is 7.81. The van der Waals surface area contributed by atoms with E-state index in [9.17, 15) is 0 Å². The largest absolute Gasteiger partial charge is 0.462 e. The maximum atomic E-state index is 7.81. The Hall–Kier alpha value is -3.04. The standard InChI is InChI=1S/C21H23N7OS/c1-12-6-20(30-27-12)26-19-8-17(14-4-3-5-23-9-14)25-21-16(10-24-28(19)21)15-7-18(13(2)22)29-11-15/h6-8,10-11,14,22-23,26H,3-5,9H2,1-2H3. The number of furan rings is 1. The van der Waals surface area contributed by atoms with Crippen LogP contribution >= 0.6 is 11.5 Å². The van der Waals surface area contributed by atoms with Gasteiger partial charge in [-0.1, -0.05) is 0 Å². The highest BCUT2D eigenvalue weighted by molar-refractivity contribution is 7.10. The maximum Gasteiger partial charge on any atom is 0.165 e. The molecule has 8 nitrogen and oxygen atoms in total. The van der Waals surface area contributed by atoms with Crippen molar-refractivity contribution in [2.45, 2.75) is 32.6 Å². The molecule has 9 heteroatoms. The Morgan fingerprint density at radius 3 is 2.97 bits per heavy atom. The Kier molecular flexibility index (Phi) is 4.84. The summed E-state index contributed by atoms with van der Waals surface area (Å²) in [5.74, 6) is 1.77. The van der Waals surface area contributed by atoms with Crippen LogP contribution in [-0.4, -0.2) is 37.8 Å². The highest BCUT2D eigenvalue weighted by Gasteiger charge is 2.21. The second-order valence-corrected chi connectivity index (χ2v) is 8.49. The molecule has 0 saturated carbocycles. The summed E-state index contributed by atoms with van der Waals surface area (Å²) in [4.78, 5) is 5.01. The minimum Gasteiger partial charge on any atom is -0.462 e. The molecule has 30 heavy (non-hydrogen) atoms. The summed E-state index contributed by atoms with van der Waals surface area (Å²) in [6, 6.07) is 5.99. The van der Waals surface area contributed by atoms with Crippen molar-refractivity contribution in [3.63, 3.8) is 0 Å². The lowest BCUT2D eigenvalue weighted by Gasteiger charge is -2.23. The van der Waals surface area contributed by atoms with E-state index in [-0.39, 0.29) is 0 Å². The zero-order valence-electron chi connectivity index (χ0n) is 16.9. The number of aryl methyl sites for hydroxylation is 1. The minimum atomic E-state index is 0.360. The van der Waals surface area contributed by atoms with E-state index in [2.05, 4.69) is 26.2 Å². The summed E-state index contributed by atoms with van der Waals surface area (Å²) in [6.07, 6.45) is 5.73. The number of hydrogen-bond acceptors (Lipinski definition) is 8. The SMILES string of the molecule is CC(=N)c1cc(-c2cnn3c(Nc4cc(C)ns4)cc(C4CCCNC4)nc23)co1. The number of aromatic nitrogens is 4. The van der Waals surface area contributed by atoms with Crippen LogP contribution in [0.3, 0.4) is 0 Å². The van der Waals surface area contributed by atoms with E-state index in [1.54, 1.807) is 13.2 Å². The Labute approximate surface area is 178 Å². The van der Waals surface area contributed by atoms with Gasteiger partial charge in [0.15, 0.2) is 5.65 Å². The summed E-state index contributed by atoms with van der Waals surface area (Å²) in [5, 5.41) is 20.3. The molecule has 1 aliphatic heterocycles.